The van der Waals surface area contributed by atoms with Crippen LogP contribution in [-0.2, 0) is 37.0 Å². The Morgan fingerprint density at radius 3 is 2.54 bits per heavy atom. The van der Waals surface area contributed by atoms with Gasteiger partial charge in [-0.05, 0) is 128 Å². The summed E-state index contributed by atoms with van der Waals surface area (Å²) in [6.07, 6.45) is 9.16. The van der Waals surface area contributed by atoms with Crippen LogP contribution in [0.15, 0.2) is 96.1 Å². The number of benzene rings is 6. The first kappa shape index (κ1) is 50.4. The van der Waals surface area contributed by atoms with E-state index in [4.69, 9.17) is 9.47 Å². The van der Waals surface area contributed by atoms with Gasteiger partial charge in [-0.15, -0.1) is 0 Å². The van der Waals surface area contributed by atoms with Gasteiger partial charge in [0.05, 0.1) is 11.1 Å². The highest BCUT2D eigenvalue weighted by Crippen LogP contribution is 2.48. The maximum atomic E-state index is 14.5. The summed E-state index contributed by atoms with van der Waals surface area (Å²) in [5.74, 6) is 0.587. The number of aliphatic hydroxyl groups is 1. The fourth-order valence-electron chi connectivity index (χ4n) is 12.3. The molecular formula is C61H65N8O7+. The van der Waals surface area contributed by atoms with E-state index in [9.17, 15) is 30.1 Å². The standard InChI is InChI=1S/C61H64N8O7/c1-38-12-8-17-43(55(38)65-66-62)36-69(53(71)24-25-63-35-44(70)37-75-52-21-9-16-39-13-2-3-18-45(39)52)31-26-64-60(72)42-22-23-46(61(73)74)49(34-42)54-50-32-40-14-4-6-27-67-29-10-19-47(56(40)67)58(50)76-59-48-20-11-30-68-28-7-5-15-41(57(48)68)33-51(54)59/h2-3,8-9,12-13,16-18,21-23,32-34,44,63,70H,4-7,10-11,14-15,19-20,24-31,35-37H2,1H3,(H-,64,72,73,74)/p+1/t44-/m0/s1. The molecule has 0 unspecified atom stereocenters. The third-order valence-electron chi connectivity index (χ3n) is 15.9. The zero-order valence-corrected chi connectivity index (χ0v) is 43.2. The summed E-state index contributed by atoms with van der Waals surface area (Å²) in [5, 5.41) is 36.1. The molecule has 0 aliphatic carbocycles. The summed E-state index contributed by atoms with van der Waals surface area (Å²) < 4.78 is 15.8. The predicted octanol–water partition coefficient (Wildman–Crippen LogP) is 8.18. The predicted molar refractivity (Wildman–Crippen MR) is 294 cm³/mol. The van der Waals surface area contributed by atoms with Crippen LogP contribution >= 0.6 is 0 Å². The Morgan fingerprint density at radius 2 is 1.66 bits per heavy atom. The number of nitrogens with zero attached hydrogens (tertiary/aromatic N) is 6. The summed E-state index contributed by atoms with van der Waals surface area (Å²) in [6, 6.07) is 28.6. The van der Waals surface area contributed by atoms with Gasteiger partial charge in [0.25, 0.3) is 5.91 Å². The SMILES string of the molecule is Cc1cccc(CN(CCNC(=O)c2ccc(C(=O)O)c(C3=c4cc5c6c(c4Oc4c3cc3c7c4CCCN7CCCC3)CCC[N+]=6CCCC5)c2)C(=O)CCNC[C@H](O)COc2cccc3ccccc23)c1N=[N+]=[N-]. The van der Waals surface area contributed by atoms with Crippen molar-refractivity contribution in [1.29, 1.82) is 0 Å². The van der Waals surface area contributed by atoms with Crippen molar-refractivity contribution in [2.75, 3.05) is 63.9 Å². The molecule has 1 atom stereocenters. The molecule has 5 aliphatic heterocycles. The fraction of sp³-hybridized carbons (Fsp3) is 0.377. The minimum absolute atomic E-state index is 0.0638. The molecular weight excluding hydrogens is 957 g/mol. The second kappa shape index (κ2) is 22.2. The highest BCUT2D eigenvalue weighted by Gasteiger charge is 2.36. The van der Waals surface area contributed by atoms with Crippen molar-refractivity contribution in [1.82, 2.24) is 20.1 Å². The zero-order valence-electron chi connectivity index (χ0n) is 43.2. The molecule has 4 N–H and O–H groups in total. The number of carboxylic acid groups (broad SMARTS) is 1. The number of aliphatic hydroxyl groups excluding tert-OH is 1. The van der Waals surface area contributed by atoms with Crippen LogP contribution in [0.4, 0.5) is 11.4 Å². The number of carbonyl (C=O) groups is 3. The van der Waals surface area contributed by atoms with Gasteiger partial charge in [0.15, 0.2) is 0 Å². The van der Waals surface area contributed by atoms with Crippen molar-refractivity contribution >= 4 is 45.5 Å². The number of carbonyl (C=O) groups excluding carboxylic acids is 2. The summed E-state index contributed by atoms with van der Waals surface area (Å²) in [6.45, 7) is 6.70. The van der Waals surface area contributed by atoms with Gasteiger partial charge in [0.2, 0.25) is 11.3 Å². The minimum atomic E-state index is -1.09. The normalized spacial score (nSPS) is 15.6. The van der Waals surface area contributed by atoms with Crippen molar-refractivity contribution < 1.29 is 34.1 Å². The Balaban J connectivity index is 0.872. The number of hydrogen-bond donors (Lipinski definition) is 4. The van der Waals surface area contributed by atoms with E-state index in [1.165, 1.54) is 33.3 Å². The Bertz CT molecular complexity index is 3470. The van der Waals surface area contributed by atoms with Crippen molar-refractivity contribution in [2.24, 2.45) is 5.11 Å². The lowest BCUT2D eigenvalue weighted by molar-refractivity contribution is -0.131. The van der Waals surface area contributed by atoms with Crippen LogP contribution in [0.1, 0.15) is 110 Å². The fourth-order valence-corrected chi connectivity index (χ4v) is 12.3. The molecule has 15 heteroatoms. The molecule has 6 aromatic rings. The lowest BCUT2D eigenvalue weighted by Crippen LogP contribution is -2.41. The molecule has 5 aliphatic rings. The molecule has 0 saturated heterocycles. The van der Waals surface area contributed by atoms with Crippen LogP contribution < -0.4 is 40.2 Å². The van der Waals surface area contributed by atoms with Crippen LogP contribution in [-0.4, -0.2) is 98.0 Å². The number of carboxylic acids is 1. The molecule has 76 heavy (non-hydrogen) atoms. The minimum Gasteiger partial charge on any atom is -0.490 e. The number of anilines is 1. The van der Waals surface area contributed by atoms with E-state index in [2.05, 4.69) is 42.3 Å². The smallest absolute Gasteiger partial charge is 0.336 e. The molecule has 390 valence electrons. The summed E-state index contributed by atoms with van der Waals surface area (Å²) >= 11 is 0. The van der Waals surface area contributed by atoms with Crippen molar-refractivity contribution in [3.63, 3.8) is 0 Å². The topological polar surface area (TPSA) is 192 Å². The quantitative estimate of drug-likeness (QED) is 0.0229. The maximum absolute atomic E-state index is 14.5. The number of hydrogen-bond acceptors (Lipinski definition) is 9. The number of aromatic carboxylic acids is 1. The van der Waals surface area contributed by atoms with Crippen LogP contribution in [0.5, 0.6) is 17.2 Å². The lowest BCUT2D eigenvalue weighted by atomic mass is 9.82. The van der Waals surface area contributed by atoms with Gasteiger partial charge in [0.1, 0.15) is 43.0 Å². The van der Waals surface area contributed by atoms with E-state index in [1.807, 2.05) is 67.6 Å². The Labute approximate surface area is 442 Å². The summed E-state index contributed by atoms with van der Waals surface area (Å²) in [4.78, 5) is 49.2. The van der Waals surface area contributed by atoms with Crippen molar-refractivity contribution in [3.05, 3.63) is 168 Å². The van der Waals surface area contributed by atoms with E-state index in [1.54, 1.807) is 23.1 Å². The molecule has 6 aromatic carbocycles. The van der Waals surface area contributed by atoms with Gasteiger partial charge in [-0.1, -0.05) is 59.7 Å². The first-order chi connectivity index (χ1) is 37.1. The zero-order chi connectivity index (χ0) is 52.3. The largest absolute Gasteiger partial charge is 0.490 e. The monoisotopic (exact) mass is 1020 g/mol. The third kappa shape index (κ3) is 10.1. The number of ether oxygens (including phenoxy) is 2. The molecule has 0 aromatic heterocycles. The van der Waals surface area contributed by atoms with Crippen molar-refractivity contribution in [2.45, 2.75) is 90.2 Å². The summed E-state index contributed by atoms with van der Waals surface area (Å²) in [5.41, 5.74) is 20.0. The number of rotatable bonds is 17. The molecule has 0 radical (unpaired) electrons. The van der Waals surface area contributed by atoms with Crippen LogP contribution in [0.25, 0.3) is 26.8 Å². The number of nitrogens with one attached hydrogen (secondary N) is 2. The van der Waals surface area contributed by atoms with Gasteiger partial charge in [-0.2, -0.15) is 0 Å². The average molecular weight is 1020 g/mol. The van der Waals surface area contributed by atoms with Crippen LogP contribution in [0.2, 0.25) is 0 Å². The first-order valence-corrected chi connectivity index (χ1v) is 27.1. The lowest BCUT2D eigenvalue weighted by Gasteiger charge is -2.35. The number of azide groups is 1. The average Bonchev–Trinajstić information content (AvgIpc) is 3.96. The molecule has 0 fully saturated rings. The molecule has 5 heterocycles. The van der Waals surface area contributed by atoms with E-state index in [-0.39, 0.29) is 57.2 Å². The van der Waals surface area contributed by atoms with E-state index < -0.39 is 18.0 Å². The molecule has 0 saturated carbocycles. The molecule has 0 spiro atoms. The second-order valence-corrected chi connectivity index (χ2v) is 20.9. The first-order valence-electron chi connectivity index (χ1n) is 27.1. The molecule has 0 bridgehead atoms. The number of aryl methyl sites for hydroxylation is 3. The molecule has 15 nitrogen and oxygen atoms in total. The Morgan fingerprint density at radius 1 is 0.855 bits per heavy atom. The maximum Gasteiger partial charge on any atom is 0.336 e. The number of fused-ring (bicyclic) bond motifs is 5. The van der Waals surface area contributed by atoms with Gasteiger partial charge in [-0.3, -0.25) is 9.59 Å². The van der Waals surface area contributed by atoms with E-state index in [0.29, 0.717) is 28.1 Å². The molecule has 2 amide bonds. The highest BCUT2D eigenvalue weighted by molar-refractivity contribution is 6.03. The second-order valence-electron chi connectivity index (χ2n) is 20.9. The van der Waals surface area contributed by atoms with Crippen LogP contribution in [0, 0.1) is 6.92 Å². The van der Waals surface area contributed by atoms with Crippen LogP contribution in [0.3, 0.4) is 0 Å². The van der Waals surface area contributed by atoms with Gasteiger partial charge >= 0.3 is 5.97 Å². The van der Waals surface area contributed by atoms with Crippen molar-refractivity contribution in [3.8, 4) is 17.2 Å². The van der Waals surface area contributed by atoms with E-state index in [0.717, 1.165) is 135 Å². The van der Waals surface area contributed by atoms with Gasteiger partial charge in [0, 0.05) is 120 Å². The van der Waals surface area contributed by atoms with Gasteiger partial charge in [-0.25, -0.2) is 9.37 Å². The molecule has 11 rings (SSSR count). The summed E-state index contributed by atoms with van der Waals surface area (Å²) in [7, 11) is 0. The van der Waals surface area contributed by atoms with E-state index >= 15 is 0 Å². The Hall–Kier alpha value is -7.71. The third-order valence-corrected chi connectivity index (χ3v) is 15.9. The number of amides is 2. The van der Waals surface area contributed by atoms with Gasteiger partial charge < -0.3 is 40.1 Å². The highest BCUT2D eigenvalue weighted by atomic mass is 16.5. The Kier molecular flexibility index (Phi) is 14.8.